The molecule has 0 spiro atoms. The number of urea groups is 1. The molecule has 32 heavy (non-hydrogen) atoms. The van der Waals surface area contributed by atoms with Gasteiger partial charge in [-0.25, -0.2) is 18.2 Å². The first-order valence-electron chi connectivity index (χ1n) is 9.85. The van der Waals surface area contributed by atoms with Gasteiger partial charge in [-0.15, -0.1) is 0 Å². The van der Waals surface area contributed by atoms with Crippen LogP contribution in [0.2, 0.25) is 0 Å². The van der Waals surface area contributed by atoms with E-state index < -0.39 is 10.0 Å². The molecule has 0 saturated carbocycles. The van der Waals surface area contributed by atoms with Crippen molar-refractivity contribution in [1.29, 1.82) is 0 Å². The standard InChI is InChI=1S/C23H22N4O3S2/c1-14-9-10-19(15(2)11-14)25-22(28)24-17-12-16(3)21-20(13-17)31-23(26-21)27-32(29,30)18-7-5-4-6-8-18/h4-13H,1-3H3,(H,26,27)(H2,24,25,28). The fraction of sp³-hybridized carbons (Fsp3) is 0.130. The van der Waals surface area contributed by atoms with Crippen LogP contribution >= 0.6 is 11.3 Å². The van der Waals surface area contributed by atoms with E-state index in [1.165, 1.54) is 23.5 Å². The minimum atomic E-state index is -3.73. The number of rotatable bonds is 5. The number of anilines is 3. The van der Waals surface area contributed by atoms with Gasteiger partial charge in [0.15, 0.2) is 5.13 Å². The third-order valence-electron chi connectivity index (χ3n) is 4.85. The summed E-state index contributed by atoms with van der Waals surface area (Å²) >= 11 is 1.21. The van der Waals surface area contributed by atoms with Gasteiger partial charge in [-0.05, 0) is 62.2 Å². The number of hydrogen-bond donors (Lipinski definition) is 3. The van der Waals surface area contributed by atoms with E-state index in [-0.39, 0.29) is 16.1 Å². The van der Waals surface area contributed by atoms with E-state index in [0.717, 1.165) is 27.1 Å². The van der Waals surface area contributed by atoms with Gasteiger partial charge in [-0.2, -0.15) is 0 Å². The molecule has 0 aliphatic heterocycles. The highest BCUT2D eigenvalue weighted by Gasteiger charge is 2.17. The van der Waals surface area contributed by atoms with Crippen LogP contribution in [0.5, 0.6) is 0 Å². The lowest BCUT2D eigenvalue weighted by atomic mass is 10.1. The van der Waals surface area contributed by atoms with Crippen LogP contribution in [0.3, 0.4) is 0 Å². The lowest BCUT2D eigenvalue weighted by molar-refractivity contribution is 0.262. The highest BCUT2D eigenvalue weighted by atomic mass is 32.2. The Kier molecular flexibility index (Phi) is 5.86. The average molecular weight is 467 g/mol. The molecule has 0 aliphatic rings. The fourth-order valence-corrected chi connectivity index (χ4v) is 5.56. The molecule has 0 saturated heterocycles. The van der Waals surface area contributed by atoms with Gasteiger partial charge in [0.2, 0.25) is 0 Å². The first-order chi connectivity index (χ1) is 15.2. The Bertz CT molecular complexity index is 1410. The lowest BCUT2D eigenvalue weighted by Gasteiger charge is -2.11. The number of benzene rings is 3. The molecule has 0 fully saturated rings. The molecule has 9 heteroatoms. The second-order valence-electron chi connectivity index (χ2n) is 7.47. The number of amides is 2. The molecule has 4 aromatic rings. The van der Waals surface area contributed by atoms with Crippen LogP contribution < -0.4 is 15.4 Å². The quantitative estimate of drug-likeness (QED) is 0.353. The molecular formula is C23H22N4O3S2. The van der Waals surface area contributed by atoms with Crippen LogP contribution in [-0.2, 0) is 10.0 Å². The summed E-state index contributed by atoms with van der Waals surface area (Å²) < 4.78 is 28.5. The number of aromatic nitrogens is 1. The average Bonchev–Trinajstić information content (AvgIpc) is 3.13. The molecule has 4 rings (SSSR count). The summed E-state index contributed by atoms with van der Waals surface area (Å²) in [4.78, 5) is 17.1. The number of aryl methyl sites for hydroxylation is 3. The van der Waals surface area contributed by atoms with Crippen molar-refractivity contribution in [2.75, 3.05) is 15.4 Å². The third-order valence-corrected chi connectivity index (χ3v) is 7.25. The predicted molar refractivity (Wildman–Crippen MR) is 130 cm³/mol. The SMILES string of the molecule is Cc1ccc(NC(=O)Nc2cc(C)c3nc(NS(=O)(=O)c4ccccc4)sc3c2)c(C)c1. The second-order valence-corrected chi connectivity index (χ2v) is 10.2. The number of sulfonamides is 1. The smallest absolute Gasteiger partial charge is 0.308 e. The number of hydrogen-bond acceptors (Lipinski definition) is 5. The van der Waals surface area contributed by atoms with Crippen LogP contribution in [-0.4, -0.2) is 19.4 Å². The first kappa shape index (κ1) is 21.8. The summed E-state index contributed by atoms with van der Waals surface area (Å²) in [7, 11) is -3.73. The van der Waals surface area contributed by atoms with E-state index in [2.05, 4.69) is 20.3 Å². The molecule has 0 aliphatic carbocycles. The zero-order chi connectivity index (χ0) is 22.9. The molecule has 0 radical (unpaired) electrons. The van der Waals surface area contributed by atoms with E-state index in [1.54, 1.807) is 30.3 Å². The minimum absolute atomic E-state index is 0.168. The van der Waals surface area contributed by atoms with Crippen molar-refractivity contribution in [3.05, 3.63) is 77.4 Å². The van der Waals surface area contributed by atoms with Gasteiger partial charge in [0.05, 0.1) is 15.1 Å². The summed E-state index contributed by atoms with van der Waals surface area (Å²) in [5.41, 5.74) is 4.94. The van der Waals surface area contributed by atoms with Gasteiger partial charge in [-0.1, -0.05) is 47.2 Å². The fourth-order valence-electron chi connectivity index (χ4n) is 3.32. The van der Waals surface area contributed by atoms with Crippen LogP contribution in [0, 0.1) is 20.8 Å². The van der Waals surface area contributed by atoms with Crippen molar-refractivity contribution >= 4 is 54.1 Å². The van der Waals surface area contributed by atoms with Crippen molar-refractivity contribution in [3.8, 4) is 0 Å². The monoisotopic (exact) mass is 466 g/mol. The normalized spacial score (nSPS) is 11.3. The van der Waals surface area contributed by atoms with Gasteiger partial charge in [-0.3, -0.25) is 4.72 Å². The van der Waals surface area contributed by atoms with Crippen LogP contribution in [0.1, 0.15) is 16.7 Å². The van der Waals surface area contributed by atoms with Crippen molar-refractivity contribution in [2.24, 2.45) is 0 Å². The molecule has 7 nitrogen and oxygen atoms in total. The highest BCUT2D eigenvalue weighted by Crippen LogP contribution is 2.32. The summed E-state index contributed by atoms with van der Waals surface area (Å²) in [6.07, 6.45) is 0. The van der Waals surface area contributed by atoms with Crippen molar-refractivity contribution < 1.29 is 13.2 Å². The van der Waals surface area contributed by atoms with Crippen LogP contribution in [0.4, 0.5) is 21.3 Å². The summed E-state index contributed by atoms with van der Waals surface area (Å²) in [5, 5.41) is 5.96. The first-order valence-corrected chi connectivity index (χ1v) is 12.2. The van der Waals surface area contributed by atoms with E-state index >= 15 is 0 Å². The topological polar surface area (TPSA) is 100 Å². The zero-order valence-electron chi connectivity index (χ0n) is 17.8. The van der Waals surface area contributed by atoms with Gasteiger partial charge in [0.25, 0.3) is 10.0 Å². The molecule has 1 heterocycles. The Hall–Kier alpha value is -3.43. The van der Waals surface area contributed by atoms with Crippen molar-refractivity contribution in [3.63, 3.8) is 0 Å². The maximum absolute atomic E-state index is 12.6. The van der Waals surface area contributed by atoms with E-state index in [1.807, 2.05) is 39.0 Å². The Morgan fingerprint density at radius 1 is 0.906 bits per heavy atom. The van der Waals surface area contributed by atoms with E-state index in [0.29, 0.717) is 11.2 Å². The number of nitrogens with zero attached hydrogens (tertiary/aromatic N) is 1. The number of carbonyl (C=O) groups is 1. The predicted octanol–water partition coefficient (Wildman–Crippen LogP) is 5.67. The maximum Gasteiger partial charge on any atom is 0.323 e. The summed E-state index contributed by atoms with van der Waals surface area (Å²) in [5.74, 6) is 0. The molecule has 3 aromatic carbocycles. The van der Waals surface area contributed by atoms with E-state index in [4.69, 9.17) is 0 Å². The Morgan fingerprint density at radius 3 is 2.38 bits per heavy atom. The Balaban J connectivity index is 1.54. The van der Waals surface area contributed by atoms with Crippen LogP contribution in [0.15, 0.2) is 65.6 Å². The third kappa shape index (κ3) is 4.74. The van der Waals surface area contributed by atoms with Gasteiger partial charge < -0.3 is 10.6 Å². The van der Waals surface area contributed by atoms with Crippen molar-refractivity contribution in [2.45, 2.75) is 25.7 Å². The second kappa shape index (κ2) is 8.60. The molecule has 3 N–H and O–H groups in total. The maximum atomic E-state index is 12.6. The largest absolute Gasteiger partial charge is 0.323 e. The molecule has 2 amide bonds. The van der Waals surface area contributed by atoms with Crippen LogP contribution in [0.25, 0.3) is 10.2 Å². The number of nitrogens with one attached hydrogen (secondary N) is 3. The lowest BCUT2D eigenvalue weighted by Crippen LogP contribution is -2.20. The van der Waals surface area contributed by atoms with Crippen molar-refractivity contribution in [1.82, 2.24) is 4.98 Å². The summed E-state index contributed by atoms with van der Waals surface area (Å²) in [6.45, 7) is 5.80. The Labute approximate surface area is 190 Å². The minimum Gasteiger partial charge on any atom is -0.308 e. The number of thiazole rings is 1. The van der Waals surface area contributed by atoms with Gasteiger partial charge >= 0.3 is 6.03 Å². The molecule has 1 aromatic heterocycles. The number of carbonyl (C=O) groups excluding carboxylic acids is 1. The highest BCUT2D eigenvalue weighted by molar-refractivity contribution is 7.93. The van der Waals surface area contributed by atoms with Gasteiger partial charge in [0.1, 0.15) is 0 Å². The molecule has 164 valence electrons. The Morgan fingerprint density at radius 2 is 1.66 bits per heavy atom. The van der Waals surface area contributed by atoms with E-state index in [9.17, 15) is 13.2 Å². The molecule has 0 bridgehead atoms. The van der Waals surface area contributed by atoms with Gasteiger partial charge in [0, 0.05) is 11.4 Å². The molecule has 0 atom stereocenters. The zero-order valence-corrected chi connectivity index (χ0v) is 19.4. The number of fused-ring (bicyclic) bond motifs is 1. The molecular weight excluding hydrogens is 444 g/mol. The summed E-state index contributed by atoms with van der Waals surface area (Å²) in [6, 6.07) is 17.2. The molecule has 0 unspecified atom stereocenters.